The number of anilines is 1. The van der Waals surface area contributed by atoms with E-state index in [2.05, 4.69) is 48.7 Å². The molecule has 6 rings (SSSR count). The van der Waals surface area contributed by atoms with Crippen LogP contribution in [0.4, 0.5) is 11.8 Å². The van der Waals surface area contributed by atoms with Gasteiger partial charge < -0.3 is 0 Å². The van der Waals surface area contributed by atoms with Crippen LogP contribution in [0.15, 0.2) is 94.4 Å². The normalized spacial score (nSPS) is 12.0. The Kier molecular flexibility index (Phi) is 4.84. The number of nitrogens with one attached hydrogen (secondary N) is 1. The Morgan fingerprint density at radius 1 is 0.818 bits per heavy atom. The zero-order valence-corrected chi connectivity index (χ0v) is 19.0. The summed E-state index contributed by atoms with van der Waals surface area (Å²) >= 11 is 3.51. The van der Waals surface area contributed by atoms with E-state index in [1.54, 1.807) is 0 Å². The van der Waals surface area contributed by atoms with Gasteiger partial charge in [-0.2, -0.15) is 5.10 Å². The van der Waals surface area contributed by atoms with Crippen molar-refractivity contribution in [3.63, 3.8) is 0 Å². The first-order valence-electron chi connectivity index (χ1n) is 10.5. The lowest BCUT2D eigenvalue weighted by molar-refractivity contribution is 0.813. The van der Waals surface area contributed by atoms with Gasteiger partial charge in [0.1, 0.15) is 5.69 Å². The summed E-state index contributed by atoms with van der Waals surface area (Å²) in [5, 5.41) is 13.7. The molecule has 0 fully saturated rings. The van der Waals surface area contributed by atoms with E-state index in [9.17, 15) is 0 Å². The molecule has 1 aliphatic rings. The highest BCUT2D eigenvalue weighted by Crippen LogP contribution is 2.33. The number of halogens is 1. The second-order valence-corrected chi connectivity index (χ2v) is 8.56. The van der Waals surface area contributed by atoms with Crippen molar-refractivity contribution in [1.29, 1.82) is 0 Å². The van der Waals surface area contributed by atoms with Crippen LogP contribution in [-0.2, 0) is 6.42 Å². The molecule has 7 nitrogen and oxygen atoms in total. The molecule has 0 aliphatic carbocycles. The fraction of sp³-hybridized carbons (Fsp3) is 0.0400. The van der Waals surface area contributed by atoms with Gasteiger partial charge in [0.2, 0.25) is 0 Å². The fourth-order valence-corrected chi connectivity index (χ4v) is 4.13. The molecule has 0 amide bonds. The fourth-order valence-electron chi connectivity index (χ4n) is 3.86. The summed E-state index contributed by atoms with van der Waals surface area (Å²) in [6, 6.07) is 28.4. The summed E-state index contributed by atoms with van der Waals surface area (Å²) in [6.07, 6.45) is 2.44. The van der Waals surface area contributed by atoms with Gasteiger partial charge in [-0.1, -0.05) is 76.6 Å². The quantitative estimate of drug-likeness (QED) is 0.354. The van der Waals surface area contributed by atoms with Gasteiger partial charge in [-0.25, -0.2) is 14.4 Å². The summed E-state index contributed by atoms with van der Waals surface area (Å²) in [5.74, 6) is 2.07. The van der Waals surface area contributed by atoms with Gasteiger partial charge >= 0.3 is 0 Å². The summed E-state index contributed by atoms with van der Waals surface area (Å²) in [7, 11) is 0. The lowest BCUT2D eigenvalue weighted by atomic mass is 10.1. The molecule has 5 aromatic rings. The van der Waals surface area contributed by atoms with Crippen molar-refractivity contribution in [2.45, 2.75) is 6.42 Å². The third kappa shape index (κ3) is 3.64. The maximum absolute atomic E-state index is 4.97. The molecule has 0 saturated carbocycles. The molecule has 1 aliphatic heterocycles. The van der Waals surface area contributed by atoms with Crippen LogP contribution in [0.1, 0.15) is 17.0 Å². The minimum absolute atomic E-state index is 0.499. The van der Waals surface area contributed by atoms with Gasteiger partial charge in [0.05, 0.1) is 11.3 Å². The Labute approximate surface area is 198 Å². The minimum Gasteiger partial charge on any atom is -0.272 e. The summed E-state index contributed by atoms with van der Waals surface area (Å²) in [6.45, 7) is 0. The van der Waals surface area contributed by atoms with E-state index in [0.29, 0.717) is 12.4 Å². The van der Waals surface area contributed by atoms with E-state index in [4.69, 9.17) is 5.10 Å². The van der Waals surface area contributed by atoms with E-state index >= 15 is 0 Å². The Morgan fingerprint density at radius 2 is 1.55 bits per heavy atom. The molecule has 3 aromatic carbocycles. The molecular formula is C25H18BrN7. The lowest BCUT2D eigenvalue weighted by Crippen LogP contribution is -2.16. The van der Waals surface area contributed by atoms with Gasteiger partial charge in [-0.15, -0.1) is 10.2 Å². The predicted molar refractivity (Wildman–Crippen MR) is 132 cm³/mol. The van der Waals surface area contributed by atoms with Crippen LogP contribution in [0.25, 0.3) is 16.9 Å². The van der Waals surface area contributed by atoms with Crippen molar-refractivity contribution in [3.05, 3.63) is 106 Å². The number of nitrogens with zero attached hydrogens (tertiary/aromatic N) is 6. The Bertz CT molecular complexity index is 1450. The molecular weight excluding hydrogens is 478 g/mol. The highest BCUT2D eigenvalue weighted by Gasteiger charge is 2.24. The van der Waals surface area contributed by atoms with Crippen LogP contribution >= 0.6 is 15.9 Å². The molecule has 0 bridgehead atoms. The molecule has 0 radical (unpaired) electrons. The number of benzene rings is 3. The predicted octanol–water partition coefficient (Wildman–Crippen LogP) is 5.42. The van der Waals surface area contributed by atoms with Gasteiger partial charge in [-0.05, 0) is 29.8 Å². The molecule has 0 saturated heterocycles. The standard InChI is InChI=1S/C25H18BrN7/c26-19-13-11-18(12-14-19)23-21-16-27-25-29-28-22(15-17-7-3-1-4-8-17)33(25)31-24(21)32(30-23)20-9-5-2-6-10-20/h1-14,16,31H,15H2. The summed E-state index contributed by atoms with van der Waals surface area (Å²) in [4.78, 5) is 4.64. The van der Waals surface area contributed by atoms with Crippen molar-refractivity contribution < 1.29 is 0 Å². The Morgan fingerprint density at radius 3 is 2.30 bits per heavy atom. The monoisotopic (exact) mass is 495 g/mol. The number of aromatic nitrogens is 5. The molecule has 0 atom stereocenters. The molecule has 2 aromatic heterocycles. The number of fused-ring (bicyclic) bond motifs is 2. The number of hydrogen-bond donors (Lipinski definition) is 1. The van der Waals surface area contributed by atoms with Gasteiger partial charge in [0.15, 0.2) is 11.6 Å². The van der Waals surface area contributed by atoms with E-state index < -0.39 is 0 Å². The van der Waals surface area contributed by atoms with Gasteiger partial charge in [-0.3, -0.25) is 5.43 Å². The number of hydrogen-bond acceptors (Lipinski definition) is 5. The van der Waals surface area contributed by atoms with Gasteiger partial charge in [0, 0.05) is 22.7 Å². The maximum atomic E-state index is 4.97. The first-order chi connectivity index (χ1) is 16.3. The Balaban J connectivity index is 1.50. The smallest absolute Gasteiger partial charge is 0.270 e. The molecule has 1 N–H and O–H groups in total. The summed E-state index contributed by atoms with van der Waals surface area (Å²) < 4.78 is 4.76. The van der Waals surface area contributed by atoms with Crippen molar-refractivity contribution in [1.82, 2.24) is 24.7 Å². The average Bonchev–Trinajstić information content (AvgIpc) is 3.35. The van der Waals surface area contributed by atoms with Crippen molar-refractivity contribution in [2.24, 2.45) is 4.99 Å². The van der Waals surface area contributed by atoms with E-state index in [1.165, 1.54) is 0 Å². The molecule has 160 valence electrons. The summed E-state index contributed by atoms with van der Waals surface area (Å²) in [5.41, 5.74) is 8.31. The van der Waals surface area contributed by atoms with Crippen molar-refractivity contribution >= 4 is 33.9 Å². The third-order valence-corrected chi connectivity index (χ3v) is 6.01. The van der Waals surface area contributed by atoms with Crippen LogP contribution in [0.3, 0.4) is 0 Å². The molecule has 0 unspecified atom stereocenters. The maximum Gasteiger partial charge on any atom is 0.270 e. The van der Waals surface area contributed by atoms with Crippen molar-refractivity contribution in [2.75, 3.05) is 5.43 Å². The lowest BCUT2D eigenvalue weighted by Gasteiger charge is -2.12. The van der Waals surface area contributed by atoms with Gasteiger partial charge in [0.25, 0.3) is 5.95 Å². The van der Waals surface area contributed by atoms with Crippen molar-refractivity contribution in [3.8, 4) is 16.9 Å². The van der Waals surface area contributed by atoms with Crippen LogP contribution in [0, 0.1) is 0 Å². The molecule has 33 heavy (non-hydrogen) atoms. The van der Waals surface area contributed by atoms with E-state index in [-0.39, 0.29) is 0 Å². The zero-order chi connectivity index (χ0) is 22.2. The van der Waals surface area contributed by atoms with E-state index in [0.717, 1.165) is 44.2 Å². The third-order valence-electron chi connectivity index (χ3n) is 5.49. The average molecular weight is 496 g/mol. The number of para-hydroxylation sites is 1. The second-order valence-electron chi connectivity index (χ2n) is 7.65. The van der Waals surface area contributed by atoms with E-state index in [1.807, 2.05) is 88.4 Å². The SMILES string of the molecule is Brc1ccc(-c2nn(-c3ccccc3)c3c2C=Nc2nnc(Cc4ccccc4)n2N3)cc1. The first kappa shape index (κ1) is 19.6. The van der Waals surface area contributed by atoms with Crippen LogP contribution in [0.2, 0.25) is 0 Å². The highest BCUT2D eigenvalue weighted by molar-refractivity contribution is 9.10. The molecule has 0 spiro atoms. The second kappa shape index (κ2) is 8.14. The largest absolute Gasteiger partial charge is 0.272 e. The first-order valence-corrected chi connectivity index (χ1v) is 11.3. The topological polar surface area (TPSA) is 72.9 Å². The Hall–Kier alpha value is -4.04. The van der Waals surface area contributed by atoms with Crippen LogP contribution in [-0.4, -0.2) is 30.9 Å². The van der Waals surface area contributed by atoms with Crippen LogP contribution in [0.5, 0.6) is 0 Å². The number of rotatable bonds is 4. The molecule has 8 heteroatoms. The number of aliphatic imine (C=N–C) groups is 1. The minimum atomic E-state index is 0.499. The van der Waals surface area contributed by atoms with Crippen LogP contribution < -0.4 is 5.43 Å². The highest BCUT2D eigenvalue weighted by atomic mass is 79.9. The zero-order valence-electron chi connectivity index (χ0n) is 17.4. The molecule has 3 heterocycles.